The summed E-state index contributed by atoms with van der Waals surface area (Å²) in [5.41, 5.74) is 1.70. The Balaban J connectivity index is 2.61. The molecule has 0 fully saturated rings. The van der Waals surface area contributed by atoms with Crippen LogP contribution in [0.2, 0.25) is 0 Å². The third kappa shape index (κ3) is 4.44. The van der Waals surface area contributed by atoms with Crippen molar-refractivity contribution in [3.8, 4) is 0 Å². The first-order valence-electron chi connectivity index (χ1n) is 7.20. The Morgan fingerprint density at radius 1 is 1.50 bits per heavy atom. The minimum absolute atomic E-state index is 0.276. The molecule has 0 bridgehead atoms. The normalized spacial score (nSPS) is 23.4. The van der Waals surface area contributed by atoms with Crippen LogP contribution in [0.1, 0.15) is 60.3 Å². The van der Waals surface area contributed by atoms with Gasteiger partial charge in [-0.15, -0.1) is 0 Å². The first-order chi connectivity index (χ1) is 8.33. The zero-order valence-electron chi connectivity index (χ0n) is 12.6. The third-order valence-corrected chi connectivity index (χ3v) is 4.03. The van der Waals surface area contributed by atoms with Crippen LogP contribution in [0.4, 0.5) is 0 Å². The summed E-state index contributed by atoms with van der Waals surface area (Å²) >= 11 is 0. The minimum Gasteiger partial charge on any atom is -0.295 e. The molecule has 1 nitrogen and oxygen atoms in total. The quantitative estimate of drug-likeness (QED) is 0.498. The van der Waals surface area contributed by atoms with Gasteiger partial charge in [0.2, 0.25) is 0 Å². The van der Waals surface area contributed by atoms with E-state index in [9.17, 15) is 4.79 Å². The Morgan fingerprint density at radius 3 is 2.72 bits per heavy atom. The van der Waals surface area contributed by atoms with Gasteiger partial charge in [0.1, 0.15) is 0 Å². The highest BCUT2D eigenvalue weighted by Gasteiger charge is 2.30. The lowest BCUT2D eigenvalue weighted by atomic mass is 9.68. The number of hydrogen-bond donors (Lipinski definition) is 0. The number of rotatable bonds is 5. The van der Waals surface area contributed by atoms with Gasteiger partial charge in [-0.3, -0.25) is 4.79 Å². The van der Waals surface area contributed by atoms with Gasteiger partial charge in [0.05, 0.1) is 0 Å². The van der Waals surface area contributed by atoms with Gasteiger partial charge in [-0.25, -0.2) is 0 Å². The van der Waals surface area contributed by atoms with Crippen molar-refractivity contribution < 1.29 is 4.79 Å². The van der Waals surface area contributed by atoms with E-state index in [1.165, 1.54) is 18.4 Å². The minimum atomic E-state index is 0.276. The molecule has 0 spiro atoms. The molecule has 1 aliphatic carbocycles. The smallest absolute Gasteiger partial charge is 0.155 e. The summed E-state index contributed by atoms with van der Waals surface area (Å²) in [7, 11) is 0. The van der Waals surface area contributed by atoms with Crippen LogP contribution in [0.15, 0.2) is 23.8 Å². The van der Waals surface area contributed by atoms with Gasteiger partial charge in [0, 0.05) is 12.3 Å². The third-order valence-electron chi connectivity index (χ3n) is 4.03. The van der Waals surface area contributed by atoms with Crippen molar-refractivity contribution in [2.75, 3.05) is 0 Å². The highest BCUT2D eigenvalue weighted by Crippen LogP contribution is 2.41. The number of carbonyl (C=O) groups is 1. The lowest BCUT2D eigenvalue weighted by molar-refractivity contribution is -0.114. The average Bonchev–Trinajstić information content (AvgIpc) is 2.24. The molecule has 1 unspecified atom stereocenters. The summed E-state index contributed by atoms with van der Waals surface area (Å²) in [5.74, 6) is 1.31. The topological polar surface area (TPSA) is 17.1 Å². The molecule has 1 heteroatoms. The molecule has 0 aliphatic heterocycles. The van der Waals surface area contributed by atoms with Crippen molar-refractivity contribution in [2.45, 2.75) is 60.3 Å². The summed E-state index contributed by atoms with van der Waals surface area (Å²) in [5, 5.41) is 0. The SMILES string of the molecule is CC1=CCCC(C)(C)C1/C=C/C(=O)CCC(C)C. The molecule has 1 atom stereocenters. The van der Waals surface area contributed by atoms with Gasteiger partial charge >= 0.3 is 0 Å². The van der Waals surface area contributed by atoms with E-state index in [2.05, 4.69) is 46.8 Å². The molecular formula is C17H28O. The van der Waals surface area contributed by atoms with Gasteiger partial charge < -0.3 is 0 Å². The Labute approximate surface area is 112 Å². The second-order valence-electron chi connectivity index (χ2n) is 6.71. The molecule has 0 N–H and O–H groups in total. The van der Waals surface area contributed by atoms with Crippen LogP contribution in [0, 0.1) is 17.3 Å². The fraction of sp³-hybridized carbons (Fsp3) is 0.706. The van der Waals surface area contributed by atoms with Crippen molar-refractivity contribution in [1.29, 1.82) is 0 Å². The largest absolute Gasteiger partial charge is 0.295 e. The maximum absolute atomic E-state index is 11.8. The van der Waals surface area contributed by atoms with Gasteiger partial charge in [-0.1, -0.05) is 45.4 Å². The summed E-state index contributed by atoms with van der Waals surface area (Å²) in [4.78, 5) is 11.8. The van der Waals surface area contributed by atoms with Crippen LogP contribution in [0.5, 0.6) is 0 Å². The predicted octanol–water partition coefficient (Wildman–Crippen LogP) is 4.93. The molecule has 1 aliphatic rings. The van der Waals surface area contributed by atoms with Crippen LogP contribution >= 0.6 is 0 Å². The molecular weight excluding hydrogens is 220 g/mol. The van der Waals surface area contributed by atoms with E-state index in [-0.39, 0.29) is 11.2 Å². The molecule has 18 heavy (non-hydrogen) atoms. The summed E-state index contributed by atoms with van der Waals surface area (Å²) in [6.07, 6.45) is 10.3. The maximum Gasteiger partial charge on any atom is 0.155 e. The fourth-order valence-corrected chi connectivity index (χ4v) is 2.70. The second-order valence-corrected chi connectivity index (χ2v) is 6.71. The number of ketones is 1. The summed E-state index contributed by atoms with van der Waals surface area (Å²) in [6, 6.07) is 0. The molecule has 0 aromatic carbocycles. The number of allylic oxidation sites excluding steroid dienone is 4. The van der Waals surface area contributed by atoms with Crippen LogP contribution < -0.4 is 0 Å². The molecule has 0 aromatic rings. The van der Waals surface area contributed by atoms with Gasteiger partial charge in [0.25, 0.3) is 0 Å². The average molecular weight is 248 g/mol. The predicted molar refractivity (Wildman–Crippen MR) is 78.5 cm³/mol. The molecule has 0 heterocycles. The Kier molecular flexibility index (Phi) is 5.37. The van der Waals surface area contributed by atoms with Crippen LogP contribution in [0.3, 0.4) is 0 Å². The first kappa shape index (κ1) is 15.2. The summed E-state index contributed by atoms with van der Waals surface area (Å²) < 4.78 is 0. The molecule has 102 valence electrons. The van der Waals surface area contributed by atoms with E-state index >= 15 is 0 Å². The molecule has 0 saturated heterocycles. The van der Waals surface area contributed by atoms with Gasteiger partial charge in [-0.2, -0.15) is 0 Å². The Bertz CT molecular complexity index is 345. The number of hydrogen-bond acceptors (Lipinski definition) is 1. The zero-order valence-corrected chi connectivity index (χ0v) is 12.6. The molecule has 0 radical (unpaired) electrons. The Hall–Kier alpha value is -0.850. The monoisotopic (exact) mass is 248 g/mol. The first-order valence-corrected chi connectivity index (χ1v) is 7.20. The summed E-state index contributed by atoms with van der Waals surface area (Å²) in [6.45, 7) is 11.1. The van der Waals surface area contributed by atoms with Crippen molar-refractivity contribution in [1.82, 2.24) is 0 Å². The van der Waals surface area contributed by atoms with Crippen LogP contribution in [-0.4, -0.2) is 5.78 Å². The van der Waals surface area contributed by atoms with E-state index in [1.807, 2.05) is 6.08 Å². The lowest BCUT2D eigenvalue weighted by Gasteiger charge is -2.36. The highest BCUT2D eigenvalue weighted by molar-refractivity contribution is 5.89. The van der Waals surface area contributed by atoms with Gasteiger partial charge in [-0.05, 0) is 43.6 Å². The van der Waals surface area contributed by atoms with Crippen molar-refractivity contribution >= 4 is 5.78 Å². The number of carbonyl (C=O) groups excluding carboxylic acids is 1. The van der Waals surface area contributed by atoms with Crippen molar-refractivity contribution in [2.24, 2.45) is 17.3 Å². The van der Waals surface area contributed by atoms with E-state index in [1.54, 1.807) is 0 Å². The van der Waals surface area contributed by atoms with Crippen molar-refractivity contribution in [3.05, 3.63) is 23.8 Å². The lowest BCUT2D eigenvalue weighted by Crippen LogP contribution is -2.26. The standard InChI is InChI=1S/C17H28O/c1-13(2)8-9-15(18)10-11-16-14(3)7-6-12-17(16,4)5/h7,10-11,13,16H,6,8-9,12H2,1-5H3/b11-10+. The second kappa shape index (κ2) is 6.36. The van der Waals surface area contributed by atoms with E-state index in [0.29, 0.717) is 18.3 Å². The highest BCUT2D eigenvalue weighted by atomic mass is 16.1. The maximum atomic E-state index is 11.8. The van der Waals surface area contributed by atoms with Crippen molar-refractivity contribution in [3.63, 3.8) is 0 Å². The van der Waals surface area contributed by atoms with Crippen LogP contribution in [0.25, 0.3) is 0 Å². The van der Waals surface area contributed by atoms with E-state index in [4.69, 9.17) is 0 Å². The van der Waals surface area contributed by atoms with E-state index < -0.39 is 0 Å². The van der Waals surface area contributed by atoms with Crippen LogP contribution in [-0.2, 0) is 4.79 Å². The zero-order chi connectivity index (χ0) is 13.8. The molecule has 1 rings (SSSR count). The Morgan fingerprint density at radius 2 is 2.17 bits per heavy atom. The molecule has 0 amide bonds. The van der Waals surface area contributed by atoms with E-state index in [0.717, 1.165) is 6.42 Å². The van der Waals surface area contributed by atoms with Gasteiger partial charge in [0.15, 0.2) is 5.78 Å². The molecule has 0 aromatic heterocycles. The molecule has 0 saturated carbocycles. The fourth-order valence-electron chi connectivity index (χ4n) is 2.70.